The molecule has 0 aromatic rings. The summed E-state index contributed by atoms with van der Waals surface area (Å²) in [6, 6.07) is 0. The minimum absolute atomic E-state index is 0.389. The van der Waals surface area contributed by atoms with Gasteiger partial charge in [0.15, 0.2) is 5.78 Å². The molecule has 0 atom stereocenters. The number of allylic oxidation sites excluding steroid dienone is 4. The van der Waals surface area contributed by atoms with Crippen molar-refractivity contribution in [1.82, 2.24) is 0 Å². The van der Waals surface area contributed by atoms with E-state index >= 15 is 0 Å². The molecule has 0 radical (unpaired) electrons. The fourth-order valence-corrected chi connectivity index (χ4v) is 2.49. The molecule has 0 spiro atoms. The van der Waals surface area contributed by atoms with E-state index in [-0.39, 0.29) is 0 Å². The van der Waals surface area contributed by atoms with Gasteiger partial charge in [-0.3, -0.25) is 4.79 Å². The average Bonchev–Trinajstić information content (AvgIpc) is 2.59. The molecule has 0 aliphatic heterocycles. The first-order valence-electron chi connectivity index (χ1n) is 6.31. The van der Waals surface area contributed by atoms with Crippen LogP contribution in [0.3, 0.4) is 0 Å². The highest BCUT2D eigenvalue weighted by molar-refractivity contribution is 5.99. The van der Waals surface area contributed by atoms with Crippen LogP contribution in [0, 0.1) is 0 Å². The van der Waals surface area contributed by atoms with Crippen LogP contribution < -0.4 is 0 Å². The zero-order valence-corrected chi connectivity index (χ0v) is 9.43. The summed E-state index contributed by atoms with van der Waals surface area (Å²) >= 11 is 0. The van der Waals surface area contributed by atoms with Crippen LogP contribution in [0.1, 0.15) is 57.8 Å². The lowest BCUT2D eigenvalue weighted by atomic mass is 9.96. The number of rotatable bonds is 1. The summed E-state index contributed by atoms with van der Waals surface area (Å²) in [6.07, 6.45) is 14.8. The van der Waals surface area contributed by atoms with Gasteiger partial charge >= 0.3 is 0 Å². The smallest absolute Gasteiger partial charge is 0.162 e. The fourth-order valence-electron chi connectivity index (χ4n) is 2.49. The Kier molecular flexibility index (Phi) is 3.76. The second-order valence-corrected chi connectivity index (χ2v) is 4.62. The first kappa shape index (κ1) is 10.7. The number of carbonyl (C=O) groups excluding carboxylic acids is 1. The van der Waals surface area contributed by atoms with E-state index in [4.69, 9.17) is 0 Å². The topological polar surface area (TPSA) is 17.1 Å². The van der Waals surface area contributed by atoms with Crippen molar-refractivity contribution in [2.24, 2.45) is 0 Å². The number of hydrogen-bond acceptors (Lipinski definition) is 1. The molecule has 1 nitrogen and oxygen atoms in total. The highest BCUT2D eigenvalue weighted by Gasteiger charge is 2.16. The van der Waals surface area contributed by atoms with E-state index in [1.54, 1.807) is 0 Å². The molecule has 0 N–H and O–H groups in total. The van der Waals surface area contributed by atoms with E-state index in [0.29, 0.717) is 5.78 Å². The van der Waals surface area contributed by atoms with Crippen LogP contribution >= 0.6 is 0 Å². The summed E-state index contributed by atoms with van der Waals surface area (Å²) in [5, 5.41) is 0. The van der Waals surface area contributed by atoms with E-state index in [1.807, 2.05) is 0 Å². The Labute approximate surface area is 92.3 Å². The van der Waals surface area contributed by atoms with Crippen molar-refractivity contribution < 1.29 is 4.79 Å². The molecule has 1 heteroatoms. The van der Waals surface area contributed by atoms with Gasteiger partial charge in [0.2, 0.25) is 0 Å². The number of hydrogen-bond donors (Lipinski definition) is 0. The van der Waals surface area contributed by atoms with Crippen LogP contribution in [0.4, 0.5) is 0 Å². The molecule has 0 amide bonds. The Morgan fingerprint density at radius 3 is 2.47 bits per heavy atom. The second-order valence-electron chi connectivity index (χ2n) is 4.62. The lowest BCUT2D eigenvalue weighted by molar-refractivity contribution is -0.115. The number of ketones is 1. The lowest BCUT2D eigenvalue weighted by Gasteiger charge is -2.08. The summed E-state index contributed by atoms with van der Waals surface area (Å²) in [6.45, 7) is 0. The van der Waals surface area contributed by atoms with Gasteiger partial charge in [-0.15, -0.1) is 0 Å². The van der Waals surface area contributed by atoms with Gasteiger partial charge in [-0.25, -0.2) is 0 Å². The van der Waals surface area contributed by atoms with Gasteiger partial charge < -0.3 is 0 Å². The van der Waals surface area contributed by atoms with Crippen LogP contribution in [0.5, 0.6) is 0 Å². The molecule has 2 aliphatic rings. The normalized spacial score (nSPS) is 23.9. The average molecular weight is 204 g/mol. The monoisotopic (exact) mass is 204 g/mol. The summed E-state index contributed by atoms with van der Waals surface area (Å²) in [5.74, 6) is 0.389. The first-order chi connectivity index (χ1) is 7.38. The van der Waals surface area contributed by atoms with E-state index in [2.05, 4.69) is 12.2 Å². The molecular weight excluding hydrogens is 184 g/mol. The highest BCUT2D eigenvalue weighted by Crippen LogP contribution is 2.27. The zero-order valence-electron chi connectivity index (χ0n) is 9.43. The van der Waals surface area contributed by atoms with Gasteiger partial charge in [-0.1, -0.05) is 18.6 Å². The van der Waals surface area contributed by atoms with Gasteiger partial charge in [0.25, 0.3) is 0 Å². The molecule has 0 aromatic carbocycles. The Balaban J connectivity index is 2.15. The Morgan fingerprint density at radius 2 is 1.53 bits per heavy atom. The third-order valence-corrected chi connectivity index (χ3v) is 3.39. The summed E-state index contributed by atoms with van der Waals surface area (Å²) < 4.78 is 0. The predicted molar refractivity (Wildman–Crippen MR) is 62.7 cm³/mol. The molecule has 0 saturated carbocycles. The summed E-state index contributed by atoms with van der Waals surface area (Å²) in [7, 11) is 0. The van der Waals surface area contributed by atoms with Crippen LogP contribution in [0.25, 0.3) is 0 Å². The van der Waals surface area contributed by atoms with E-state index < -0.39 is 0 Å². The SMILES string of the molecule is O=C1CCCCC=C1C1=CCCCCC1. The van der Waals surface area contributed by atoms with Crippen molar-refractivity contribution in [2.75, 3.05) is 0 Å². The molecule has 0 fully saturated rings. The third kappa shape index (κ3) is 2.80. The van der Waals surface area contributed by atoms with Crippen molar-refractivity contribution in [3.05, 3.63) is 23.3 Å². The maximum absolute atomic E-state index is 11.9. The van der Waals surface area contributed by atoms with E-state index in [0.717, 1.165) is 31.3 Å². The molecule has 15 heavy (non-hydrogen) atoms. The van der Waals surface area contributed by atoms with Gasteiger partial charge in [-0.2, -0.15) is 0 Å². The lowest BCUT2D eigenvalue weighted by Crippen LogP contribution is -2.03. The fraction of sp³-hybridized carbons (Fsp3) is 0.643. The molecule has 2 aliphatic carbocycles. The molecule has 0 unspecified atom stereocenters. The Hall–Kier alpha value is -0.850. The molecule has 0 bridgehead atoms. The van der Waals surface area contributed by atoms with Crippen molar-refractivity contribution >= 4 is 5.78 Å². The Bertz CT molecular complexity index is 296. The van der Waals surface area contributed by atoms with Crippen LogP contribution in [0.15, 0.2) is 23.3 Å². The largest absolute Gasteiger partial charge is 0.294 e. The minimum atomic E-state index is 0.389. The van der Waals surface area contributed by atoms with Gasteiger partial charge in [0.1, 0.15) is 0 Å². The maximum Gasteiger partial charge on any atom is 0.162 e. The Morgan fingerprint density at radius 1 is 0.800 bits per heavy atom. The zero-order chi connectivity index (χ0) is 10.5. The van der Waals surface area contributed by atoms with Gasteiger partial charge in [0, 0.05) is 12.0 Å². The number of Topliss-reactive ketones (excluding diaryl/α,β-unsaturated/α-hetero) is 1. The standard InChI is InChI=1S/C14H20O/c15-14-11-7-3-6-10-13(14)12-8-4-1-2-5-9-12/h8,10H,1-7,9,11H2. The van der Waals surface area contributed by atoms with Crippen LogP contribution in [-0.4, -0.2) is 5.78 Å². The van der Waals surface area contributed by atoms with Crippen molar-refractivity contribution in [3.63, 3.8) is 0 Å². The summed E-state index contributed by atoms with van der Waals surface area (Å²) in [5.41, 5.74) is 2.41. The van der Waals surface area contributed by atoms with Crippen molar-refractivity contribution in [1.29, 1.82) is 0 Å². The van der Waals surface area contributed by atoms with Gasteiger partial charge in [0.05, 0.1) is 0 Å². The van der Waals surface area contributed by atoms with Gasteiger partial charge in [-0.05, 0) is 50.5 Å². The predicted octanol–water partition coefficient (Wildman–Crippen LogP) is 3.95. The molecule has 0 heterocycles. The number of carbonyl (C=O) groups is 1. The molecule has 0 saturated heterocycles. The summed E-state index contributed by atoms with van der Waals surface area (Å²) in [4.78, 5) is 11.9. The minimum Gasteiger partial charge on any atom is -0.294 e. The van der Waals surface area contributed by atoms with Crippen molar-refractivity contribution in [2.45, 2.75) is 57.8 Å². The molecular formula is C14H20O. The highest BCUT2D eigenvalue weighted by atomic mass is 16.1. The molecule has 0 aromatic heterocycles. The quantitative estimate of drug-likeness (QED) is 0.632. The van der Waals surface area contributed by atoms with Crippen LogP contribution in [0.2, 0.25) is 0 Å². The second kappa shape index (κ2) is 5.29. The molecule has 82 valence electrons. The first-order valence-corrected chi connectivity index (χ1v) is 6.31. The maximum atomic E-state index is 11.9. The third-order valence-electron chi connectivity index (χ3n) is 3.39. The van der Waals surface area contributed by atoms with E-state index in [9.17, 15) is 4.79 Å². The van der Waals surface area contributed by atoms with Crippen molar-refractivity contribution in [3.8, 4) is 0 Å². The molecule has 2 rings (SSSR count). The van der Waals surface area contributed by atoms with E-state index in [1.165, 1.54) is 37.7 Å². The van der Waals surface area contributed by atoms with Crippen LogP contribution in [-0.2, 0) is 4.79 Å².